The Morgan fingerprint density at radius 1 is 1.47 bits per heavy atom. The predicted octanol–water partition coefficient (Wildman–Crippen LogP) is 0.916. The first-order chi connectivity index (χ1) is 8.18. The SMILES string of the molecule is CC1CCCNC1C(=O)NC(C)C1CCOC1. The molecule has 0 radical (unpaired) electrons. The molecule has 4 nitrogen and oxygen atoms in total. The van der Waals surface area contributed by atoms with Gasteiger partial charge in [0.05, 0.1) is 12.6 Å². The van der Waals surface area contributed by atoms with Gasteiger partial charge in [-0.05, 0) is 38.6 Å². The summed E-state index contributed by atoms with van der Waals surface area (Å²) in [6, 6.07) is 0.217. The smallest absolute Gasteiger partial charge is 0.237 e. The molecule has 2 aliphatic heterocycles. The minimum Gasteiger partial charge on any atom is -0.381 e. The fourth-order valence-electron chi connectivity index (χ4n) is 2.78. The van der Waals surface area contributed by atoms with Crippen LogP contribution >= 0.6 is 0 Å². The number of hydrogen-bond donors (Lipinski definition) is 2. The number of nitrogens with one attached hydrogen (secondary N) is 2. The summed E-state index contributed by atoms with van der Waals surface area (Å²) in [4.78, 5) is 12.2. The van der Waals surface area contributed by atoms with Gasteiger partial charge in [0.1, 0.15) is 0 Å². The molecule has 17 heavy (non-hydrogen) atoms. The molecule has 4 unspecified atom stereocenters. The molecule has 98 valence electrons. The maximum absolute atomic E-state index is 12.2. The first kappa shape index (κ1) is 12.8. The summed E-state index contributed by atoms with van der Waals surface area (Å²) in [6.07, 6.45) is 3.39. The number of amides is 1. The number of rotatable bonds is 3. The van der Waals surface area contributed by atoms with Crippen molar-refractivity contribution in [2.24, 2.45) is 11.8 Å². The summed E-state index contributed by atoms with van der Waals surface area (Å²) < 4.78 is 5.36. The molecule has 0 saturated carbocycles. The average Bonchev–Trinajstić information content (AvgIpc) is 2.82. The van der Waals surface area contributed by atoms with Crippen LogP contribution in [0.4, 0.5) is 0 Å². The molecule has 0 aromatic rings. The molecule has 2 saturated heterocycles. The van der Waals surface area contributed by atoms with Crippen molar-refractivity contribution in [1.82, 2.24) is 10.6 Å². The first-order valence-electron chi connectivity index (χ1n) is 6.80. The molecule has 1 amide bonds. The van der Waals surface area contributed by atoms with Gasteiger partial charge in [0.2, 0.25) is 5.91 Å². The lowest BCUT2D eigenvalue weighted by Gasteiger charge is -2.31. The number of ether oxygens (including phenoxy) is 1. The Morgan fingerprint density at radius 3 is 2.94 bits per heavy atom. The molecule has 0 aliphatic carbocycles. The third-order valence-corrected chi connectivity index (χ3v) is 4.09. The molecule has 0 aromatic heterocycles. The van der Waals surface area contributed by atoms with Gasteiger partial charge in [-0.3, -0.25) is 4.79 Å². The lowest BCUT2D eigenvalue weighted by Crippen LogP contribution is -2.53. The summed E-state index contributed by atoms with van der Waals surface area (Å²) >= 11 is 0. The highest BCUT2D eigenvalue weighted by Gasteiger charge is 2.30. The van der Waals surface area contributed by atoms with E-state index in [-0.39, 0.29) is 18.0 Å². The van der Waals surface area contributed by atoms with E-state index in [9.17, 15) is 4.79 Å². The molecule has 2 rings (SSSR count). The van der Waals surface area contributed by atoms with Crippen LogP contribution in [0.3, 0.4) is 0 Å². The van der Waals surface area contributed by atoms with E-state index in [2.05, 4.69) is 24.5 Å². The van der Waals surface area contributed by atoms with Crippen LogP contribution < -0.4 is 10.6 Å². The zero-order valence-corrected chi connectivity index (χ0v) is 10.9. The van der Waals surface area contributed by atoms with E-state index in [1.165, 1.54) is 6.42 Å². The van der Waals surface area contributed by atoms with E-state index in [4.69, 9.17) is 4.74 Å². The van der Waals surface area contributed by atoms with Crippen LogP contribution in [0, 0.1) is 11.8 Å². The highest BCUT2D eigenvalue weighted by molar-refractivity contribution is 5.82. The highest BCUT2D eigenvalue weighted by atomic mass is 16.5. The van der Waals surface area contributed by atoms with E-state index >= 15 is 0 Å². The Balaban J connectivity index is 1.82. The van der Waals surface area contributed by atoms with Crippen molar-refractivity contribution in [2.45, 2.75) is 45.2 Å². The Morgan fingerprint density at radius 2 is 2.29 bits per heavy atom. The lowest BCUT2D eigenvalue weighted by molar-refractivity contribution is -0.125. The van der Waals surface area contributed by atoms with Gasteiger partial charge in [-0.1, -0.05) is 6.92 Å². The minimum absolute atomic E-state index is 0.00600. The van der Waals surface area contributed by atoms with E-state index in [1.54, 1.807) is 0 Å². The molecule has 4 atom stereocenters. The Bertz CT molecular complexity index is 264. The Labute approximate surface area is 103 Å². The first-order valence-corrected chi connectivity index (χ1v) is 6.80. The van der Waals surface area contributed by atoms with E-state index in [0.29, 0.717) is 11.8 Å². The molecule has 2 N–H and O–H groups in total. The van der Waals surface area contributed by atoms with Crippen molar-refractivity contribution in [3.8, 4) is 0 Å². The summed E-state index contributed by atoms with van der Waals surface area (Å²) in [6.45, 7) is 6.83. The quantitative estimate of drug-likeness (QED) is 0.771. The summed E-state index contributed by atoms with van der Waals surface area (Å²) in [5.41, 5.74) is 0. The van der Waals surface area contributed by atoms with Gasteiger partial charge in [0.25, 0.3) is 0 Å². The molecule has 2 aliphatic rings. The van der Waals surface area contributed by atoms with Crippen LogP contribution in [-0.4, -0.2) is 37.7 Å². The third kappa shape index (κ3) is 3.19. The molecule has 4 heteroatoms. The second kappa shape index (κ2) is 5.83. The van der Waals surface area contributed by atoms with Crippen LogP contribution in [-0.2, 0) is 9.53 Å². The standard InChI is InChI=1S/C13H24N2O2/c1-9-4-3-6-14-12(9)13(16)15-10(2)11-5-7-17-8-11/h9-12,14H,3-8H2,1-2H3,(H,15,16). The van der Waals surface area contributed by atoms with Gasteiger partial charge >= 0.3 is 0 Å². The molecular formula is C13H24N2O2. The third-order valence-electron chi connectivity index (χ3n) is 4.09. The van der Waals surface area contributed by atoms with Gasteiger partial charge in [0, 0.05) is 18.6 Å². The van der Waals surface area contributed by atoms with Crippen LogP contribution in [0.5, 0.6) is 0 Å². The van der Waals surface area contributed by atoms with Crippen LogP contribution in [0.15, 0.2) is 0 Å². The second-order valence-corrected chi connectivity index (χ2v) is 5.47. The molecule has 0 bridgehead atoms. The van der Waals surface area contributed by atoms with Crippen LogP contribution in [0.1, 0.15) is 33.1 Å². The molecule has 2 heterocycles. The predicted molar refractivity (Wildman–Crippen MR) is 66.7 cm³/mol. The molecule has 2 fully saturated rings. The fourth-order valence-corrected chi connectivity index (χ4v) is 2.78. The van der Waals surface area contributed by atoms with Crippen LogP contribution in [0.25, 0.3) is 0 Å². The van der Waals surface area contributed by atoms with E-state index in [0.717, 1.165) is 32.6 Å². The summed E-state index contributed by atoms with van der Waals surface area (Å²) in [5, 5.41) is 6.46. The van der Waals surface area contributed by atoms with Crippen molar-refractivity contribution in [1.29, 1.82) is 0 Å². The maximum atomic E-state index is 12.2. The summed E-state index contributed by atoms with van der Waals surface area (Å²) in [7, 11) is 0. The molecular weight excluding hydrogens is 216 g/mol. The topological polar surface area (TPSA) is 50.4 Å². The van der Waals surface area contributed by atoms with E-state index in [1.807, 2.05) is 0 Å². The lowest BCUT2D eigenvalue weighted by atomic mass is 9.91. The van der Waals surface area contributed by atoms with Gasteiger partial charge in [0.15, 0.2) is 0 Å². The minimum atomic E-state index is -0.00600. The number of carbonyl (C=O) groups excluding carboxylic acids is 1. The summed E-state index contributed by atoms with van der Waals surface area (Å²) in [5.74, 6) is 1.09. The van der Waals surface area contributed by atoms with Gasteiger partial charge < -0.3 is 15.4 Å². The van der Waals surface area contributed by atoms with Crippen molar-refractivity contribution < 1.29 is 9.53 Å². The Kier molecular flexibility index (Phi) is 4.40. The molecule has 0 aromatic carbocycles. The second-order valence-electron chi connectivity index (χ2n) is 5.47. The zero-order chi connectivity index (χ0) is 12.3. The van der Waals surface area contributed by atoms with Gasteiger partial charge in [-0.25, -0.2) is 0 Å². The molecule has 0 spiro atoms. The number of hydrogen-bond acceptors (Lipinski definition) is 3. The fraction of sp³-hybridized carbons (Fsp3) is 0.923. The average molecular weight is 240 g/mol. The van der Waals surface area contributed by atoms with Crippen molar-refractivity contribution in [3.63, 3.8) is 0 Å². The van der Waals surface area contributed by atoms with Crippen molar-refractivity contribution in [2.75, 3.05) is 19.8 Å². The largest absolute Gasteiger partial charge is 0.381 e. The highest BCUT2D eigenvalue weighted by Crippen LogP contribution is 2.19. The van der Waals surface area contributed by atoms with Gasteiger partial charge in [-0.2, -0.15) is 0 Å². The zero-order valence-electron chi connectivity index (χ0n) is 10.9. The Hall–Kier alpha value is -0.610. The number of piperidine rings is 1. The monoisotopic (exact) mass is 240 g/mol. The van der Waals surface area contributed by atoms with Crippen molar-refractivity contribution >= 4 is 5.91 Å². The van der Waals surface area contributed by atoms with Crippen LogP contribution in [0.2, 0.25) is 0 Å². The normalized spacial score (nSPS) is 35.5. The van der Waals surface area contributed by atoms with E-state index < -0.39 is 0 Å². The van der Waals surface area contributed by atoms with Gasteiger partial charge in [-0.15, -0.1) is 0 Å². The number of carbonyl (C=O) groups is 1. The van der Waals surface area contributed by atoms with Crippen molar-refractivity contribution in [3.05, 3.63) is 0 Å². The maximum Gasteiger partial charge on any atom is 0.237 e.